The summed E-state index contributed by atoms with van der Waals surface area (Å²) in [6.45, 7) is 8.44. The summed E-state index contributed by atoms with van der Waals surface area (Å²) < 4.78 is 11.9. The molecule has 0 aromatic heterocycles. The Kier molecular flexibility index (Phi) is 5.86. The molecule has 0 atom stereocenters. The van der Waals surface area contributed by atoms with Gasteiger partial charge in [-0.25, -0.2) is 0 Å². The second-order valence-corrected chi connectivity index (χ2v) is 7.06. The summed E-state index contributed by atoms with van der Waals surface area (Å²) in [5.74, 6) is 0.888. The molecule has 0 unspecified atom stereocenters. The van der Waals surface area contributed by atoms with Gasteiger partial charge in [-0.05, 0) is 39.7 Å². The lowest BCUT2D eigenvalue weighted by Crippen LogP contribution is -2.31. The highest BCUT2D eigenvalue weighted by molar-refractivity contribution is 6.44. The molecule has 0 spiro atoms. The van der Waals surface area contributed by atoms with Gasteiger partial charge in [0, 0.05) is 12.2 Å². The van der Waals surface area contributed by atoms with Gasteiger partial charge in [0.05, 0.1) is 0 Å². The fraction of sp³-hybridized carbons (Fsp3) is 1.00. The normalized spacial score (nSPS) is 18.6. The van der Waals surface area contributed by atoms with Crippen LogP contribution < -0.4 is 0 Å². The second-order valence-electron chi connectivity index (χ2n) is 5.19. The first-order chi connectivity index (χ1) is 7.08. The summed E-state index contributed by atoms with van der Waals surface area (Å²) in [4.78, 5) is 0. The van der Waals surface area contributed by atoms with E-state index in [0.29, 0.717) is 12.2 Å². The summed E-state index contributed by atoms with van der Waals surface area (Å²) in [7, 11) is -1.40. The lowest BCUT2D eigenvalue weighted by Gasteiger charge is -2.23. The van der Waals surface area contributed by atoms with Crippen molar-refractivity contribution in [2.24, 2.45) is 5.92 Å². The average Bonchev–Trinajstić information content (AvgIpc) is 2.53. The van der Waals surface area contributed by atoms with Crippen molar-refractivity contribution in [3.05, 3.63) is 0 Å². The van der Waals surface area contributed by atoms with Crippen LogP contribution in [0, 0.1) is 5.92 Å². The van der Waals surface area contributed by atoms with E-state index in [4.69, 9.17) is 8.85 Å². The van der Waals surface area contributed by atoms with E-state index in [2.05, 4.69) is 27.7 Å². The van der Waals surface area contributed by atoms with E-state index >= 15 is 0 Å². The fourth-order valence-corrected chi connectivity index (χ4v) is 4.78. The maximum absolute atomic E-state index is 5.94. The summed E-state index contributed by atoms with van der Waals surface area (Å²) in [5, 5.41) is 0. The van der Waals surface area contributed by atoms with E-state index < -0.39 is 9.28 Å². The van der Waals surface area contributed by atoms with Crippen LogP contribution in [0.5, 0.6) is 0 Å². The van der Waals surface area contributed by atoms with E-state index in [1.54, 1.807) is 0 Å². The van der Waals surface area contributed by atoms with Gasteiger partial charge in [0.2, 0.25) is 0 Å². The van der Waals surface area contributed by atoms with Crippen LogP contribution in [0.3, 0.4) is 0 Å². The highest BCUT2D eigenvalue weighted by Crippen LogP contribution is 2.29. The molecule has 0 radical (unpaired) electrons. The maximum atomic E-state index is 5.94. The second kappa shape index (κ2) is 6.66. The molecule has 0 bridgehead atoms. The fourth-order valence-electron chi connectivity index (χ4n) is 2.27. The van der Waals surface area contributed by atoms with Crippen molar-refractivity contribution < 1.29 is 8.85 Å². The topological polar surface area (TPSA) is 18.5 Å². The van der Waals surface area contributed by atoms with Crippen LogP contribution in [0.2, 0.25) is 6.04 Å². The first-order valence-corrected chi connectivity index (χ1v) is 8.14. The zero-order chi connectivity index (χ0) is 11.3. The van der Waals surface area contributed by atoms with Crippen molar-refractivity contribution in [2.45, 2.75) is 71.6 Å². The maximum Gasteiger partial charge on any atom is 0.322 e. The molecule has 1 saturated carbocycles. The van der Waals surface area contributed by atoms with E-state index in [-0.39, 0.29) is 0 Å². The Labute approximate surface area is 96.2 Å². The Bertz CT molecular complexity index is 155. The van der Waals surface area contributed by atoms with Crippen molar-refractivity contribution in [1.82, 2.24) is 0 Å². The molecule has 90 valence electrons. The summed E-state index contributed by atoms with van der Waals surface area (Å²) in [5.41, 5.74) is 0. The van der Waals surface area contributed by atoms with Gasteiger partial charge in [-0.15, -0.1) is 0 Å². The first kappa shape index (κ1) is 13.2. The SMILES string of the molecule is CC(C)O[SiH](CC1CCCC1)OC(C)C. The van der Waals surface area contributed by atoms with Gasteiger partial charge in [-0.1, -0.05) is 25.7 Å². The van der Waals surface area contributed by atoms with Gasteiger partial charge in [0.1, 0.15) is 0 Å². The van der Waals surface area contributed by atoms with Gasteiger partial charge in [0.15, 0.2) is 0 Å². The van der Waals surface area contributed by atoms with Crippen LogP contribution in [0.15, 0.2) is 0 Å². The first-order valence-electron chi connectivity index (χ1n) is 6.39. The van der Waals surface area contributed by atoms with Gasteiger partial charge in [-0.3, -0.25) is 0 Å². The molecule has 3 heteroatoms. The Balaban J connectivity index is 2.32. The molecule has 1 aliphatic rings. The number of rotatable bonds is 6. The Morgan fingerprint density at radius 1 is 1.00 bits per heavy atom. The van der Waals surface area contributed by atoms with Crippen LogP contribution in [-0.2, 0) is 8.85 Å². The average molecular weight is 230 g/mol. The molecule has 15 heavy (non-hydrogen) atoms. The van der Waals surface area contributed by atoms with E-state index in [1.807, 2.05) is 0 Å². The third-order valence-corrected chi connectivity index (χ3v) is 5.60. The quantitative estimate of drug-likeness (QED) is 0.652. The Morgan fingerprint density at radius 3 is 1.87 bits per heavy atom. The highest BCUT2D eigenvalue weighted by Gasteiger charge is 2.24. The molecular weight excluding hydrogens is 204 g/mol. The molecule has 1 aliphatic carbocycles. The highest BCUT2D eigenvalue weighted by atomic mass is 28.3. The van der Waals surface area contributed by atoms with Crippen LogP contribution in [0.1, 0.15) is 53.4 Å². The summed E-state index contributed by atoms with van der Waals surface area (Å²) in [6.07, 6.45) is 6.26. The predicted octanol–water partition coefficient (Wildman–Crippen LogP) is 3.25. The van der Waals surface area contributed by atoms with Crippen molar-refractivity contribution in [1.29, 1.82) is 0 Å². The minimum atomic E-state index is -1.40. The molecule has 0 N–H and O–H groups in total. The van der Waals surface area contributed by atoms with Crippen LogP contribution >= 0.6 is 0 Å². The van der Waals surface area contributed by atoms with E-state index in [0.717, 1.165) is 5.92 Å². The largest absolute Gasteiger partial charge is 0.394 e. The number of hydrogen-bond acceptors (Lipinski definition) is 2. The minimum Gasteiger partial charge on any atom is -0.394 e. The predicted molar refractivity (Wildman–Crippen MR) is 66.4 cm³/mol. The van der Waals surface area contributed by atoms with Crippen molar-refractivity contribution in [3.63, 3.8) is 0 Å². The zero-order valence-corrected chi connectivity index (χ0v) is 11.8. The smallest absolute Gasteiger partial charge is 0.322 e. The Hall–Kier alpha value is 0.137. The van der Waals surface area contributed by atoms with E-state index in [9.17, 15) is 0 Å². The molecule has 0 heterocycles. The molecule has 0 aromatic carbocycles. The monoisotopic (exact) mass is 230 g/mol. The van der Waals surface area contributed by atoms with Crippen LogP contribution in [0.25, 0.3) is 0 Å². The van der Waals surface area contributed by atoms with Gasteiger partial charge in [0.25, 0.3) is 0 Å². The molecule has 1 fully saturated rings. The van der Waals surface area contributed by atoms with Gasteiger partial charge in [-0.2, -0.15) is 0 Å². The van der Waals surface area contributed by atoms with Crippen LogP contribution in [0.4, 0.5) is 0 Å². The summed E-state index contributed by atoms with van der Waals surface area (Å²) in [6, 6.07) is 1.22. The molecule has 0 amide bonds. The zero-order valence-electron chi connectivity index (χ0n) is 10.7. The lowest BCUT2D eigenvalue weighted by atomic mass is 10.1. The molecule has 0 aliphatic heterocycles. The lowest BCUT2D eigenvalue weighted by molar-refractivity contribution is 0.126. The minimum absolute atomic E-state index is 0.321. The Morgan fingerprint density at radius 2 is 1.47 bits per heavy atom. The van der Waals surface area contributed by atoms with Crippen molar-refractivity contribution in [3.8, 4) is 0 Å². The van der Waals surface area contributed by atoms with Gasteiger partial charge < -0.3 is 8.85 Å². The standard InChI is InChI=1S/C12H26O2Si/c1-10(2)13-15(14-11(3)4)9-12-7-5-6-8-12/h10-12,15H,5-9H2,1-4H3. The molecule has 1 rings (SSSR count). The van der Waals surface area contributed by atoms with Crippen molar-refractivity contribution >= 4 is 9.28 Å². The molecule has 0 saturated heterocycles. The number of hydrogen-bond donors (Lipinski definition) is 0. The van der Waals surface area contributed by atoms with Gasteiger partial charge >= 0.3 is 9.28 Å². The third-order valence-electron chi connectivity index (χ3n) is 2.85. The third kappa shape index (κ3) is 5.69. The molecule has 0 aromatic rings. The van der Waals surface area contributed by atoms with E-state index in [1.165, 1.54) is 31.7 Å². The summed E-state index contributed by atoms with van der Waals surface area (Å²) >= 11 is 0. The van der Waals surface area contributed by atoms with Crippen LogP contribution in [-0.4, -0.2) is 21.5 Å². The van der Waals surface area contributed by atoms with Crippen molar-refractivity contribution in [2.75, 3.05) is 0 Å². The molecular formula is C12H26O2Si. The molecule has 2 nitrogen and oxygen atoms in total.